The first-order valence-electron chi connectivity index (χ1n) is 26.0. The second kappa shape index (κ2) is 48.1. The summed E-state index contributed by atoms with van der Waals surface area (Å²) in [5.41, 5.74) is 0. The van der Waals surface area contributed by atoms with Crippen molar-refractivity contribution in [3.8, 4) is 0 Å². The summed E-state index contributed by atoms with van der Waals surface area (Å²) in [5, 5.41) is 0. The summed E-state index contributed by atoms with van der Waals surface area (Å²) in [6.45, 7) is 6.66. The normalized spacial score (nSPS) is 11.8. The van der Waals surface area contributed by atoms with Crippen molar-refractivity contribution < 1.29 is 28.6 Å². The zero-order valence-corrected chi connectivity index (χ0v) is 39.3. The lowest BCUT2D eigenvalue weighted by Crippen LogP contribution is -2.30. The lowest BCUT2D eigenvalue weighted by atomic mass is 10.0. The topological polar surface area (TPSA) is 78.9 Å². The van der Waals surface area contributed by atoms with Gasteiger partial charge in [-0.3, -0.25) is 14.4 Å². The Bertz CT molecular complexity index is 859. The molecule has 0 heterocycles. The van der Waals surface area contributed by atoms with Crippen molar-refractivity contribution in [1.82, 2.24) is 0 Å². The van der Waals surface area contributed by atoms with E-state index in [9.17, 15) is 14.4 Å². The molecule has 0 aliphatic rings. The molecule has 344 valence electrons. The van der Waals surface area contributed by atoms with Crippen molar-refractivity contribution in [3.63, 3.8) is 0 Å². The molecule has 0 aromatic carbocycles. The van der Waals surface area contributed by atoms with Gasteiger partial charge in [-0.05, 0) is 19.3 Å². The number of ether oxygens (including phenoxy) is 3. The van der Waals surface area contributed by atoms with Crippen LogP contribution >= 0.6 is 0 Å². The maximum atomic E-state index is 12.7. The van der Waals surface area contributed by atoms with E-state index in [1.807, 2.05) is 0 Å². The fourth-order valence-corrected chi connectivity index (χ4v) is 7.92. The van der Waals surface area contributed by atoms with Crippen LogP contribution in [0, 0.1) is 0 Å². The van der Waals surface area contributed by atoms with Crippen molar-refractivity contribution in [2.45, 2.75) is 303 Å². The molecule has 0 bridgehead atoms. The van der Waals surface area contributed by atoms with Crippen LogP contribution in [-0.2, 0) is 28.6 Å². The van der Waals surface area contributed by atoms with Crippen LogP contribution in [0.4, 0.5) is 0 Å². The Kier molecular flexibility index (Phi) is 46.8. The van der Waals surface area contributed by atoms with E-state index in [2.05, 4.69) is 20.8 Å². The van der Waals surface area contributed by atoms with E-state index >= 15 is 0 Å². The molecular formula is C52H100O6. The standard InChI is InChI=1S/C52H100O6/c1-4-7-10-13-16-19-21-23-24-25-26-27-29-30-33-36-39-42-45-51(54)57-48-49(47-56-50(53)44-41-38-35-32-18-15-12-9-6-3)58-52(55)46-43-40-37-34-31-28-22-20-17-14-11-8-5-2/h49H,4-48H2,1-3H3/t49-/m1/s1. The molecule has 0 amide bonds. The zero-order chi connectivity index (χ0) is 42.3. The maximum Gasteiger partial charge on any atom is 0.306 e. The van der Waals surface area contributed by atoms with Gasteiger partial charge in [-0.2, -0.15) is 0 Å². The molecule has 58 heavy (non-hydrogen) atoms. The van der Waals surface area contributed by atoms with Crippen molar-refractivity contribution in [1.29, 1.82) is 0 Å². The highest BCUT2D eigenvalue weighted by Gasteiger charge is 2.19. The Balaban J connectivity index is 4.22. The van der Waals surface area contributed by atoms with E-state index in [0.717, 1.165) is 57.8 Å². The fourth-order valence-electron chi connectivity index (χ4n) is 7.92. The first-order chi connectivity index (χ1) is 28.5. The smallest absolute Gasteiger partial charge is 0.306 e. The third-order valence-corrected chi connectivity index (χ3v) is 11.9. The van der Waals surface area contributed by atoms with Crippen LogP contribution in [-0.4, -0.2) is 37.2 Å². The zero-order valence-electron chi connectivity index (χ0n) is 39.3. The van der Waals surface area contributed by atoms with Gasteiger partial charge in [0.05, 0.1) is 0 Å². The van der Waals surface area contributed by atoms with Gasteiger partial charge in [0.1, 0.15) is 13.2 Å². The molecule has 0 rings (SSSR count). The van der Waals surface area contributed by atoms with Gasteiger partial charge in [-0.25, -0.2) is 0 Å². The van der Waals surface area contributed by atoms with Crippen LogP contribution in [0.5, 0.6) is 0 Å². The molecule has 0 spiro atoms. The lowest BCUT2D eigenvalue weighted by Gasteiger charge is -2.18. The Morgan fingerprint density at radius 1 is 0.276 bits per heavy atom. The number of hydrogen-bond acceptors (Lipinski definition) is 6. The highest BCUT2D eigenvalue weighted by atomic mass is 16.6. The Morgan fingerprint density at radius 2 is 0.466 bits per heavy atom. The van der Waals surface area contributed by atoms with Gasteiger partial charge in [0.25, 0.3) is 0 Å². The Labute approximate surface area is 361 Å². The molecule has 0 aliphatic carbocycles. The van der Waals surface area contributed by atoms with Gasteiger partial charge in [-0.1, -0.05) is 258 Å². The highest BCUT2D eigenvalue weighted by Crippen LogP contribution is 2.17. The average Bonchev–Trinajstić information content (AvgIpc) is 3.22. The quantitative estimate of drug-likeness (QED) is 0.0346. The van der Waals surface area contributed by atoms with E-state index in [1.165, 1.54) is 199 Å². The van der Waals surface area contributed by atoms with Crippen molar-refractivity contribution in [2.75, 3.05) is 13.2 Å². The van der Waals surface area contributed by atoms with Gasteiger partial charge >= 0.3 is 17.9 Å². The van der Waals surface area contributed by atoms with E-state index in [4.69, 9.17) is 14.2 Å². The van der Waals surface area contributed by atoms with E-state index < -0.39 is 6.10 Å². The van der Waals surface area contributed by atoms with Crippen LogP contribution in [0.15, 0.2) is 0 Å². The van der Waals surface area contributed by atoms with Gasteiger partial charge in [-0.15, -0.1) is 0 Å². The molecule has 0 aliphatic heterocycles. The third-order valence-electron chi connectivity index (χ3n) is 11.9. The molecule has 1 atom stereocenters. The maximum absolute atomic E-state index is 12.7. The van der Waals surface area contributed by atoms with E-state index in [1.54, 1.807) is 0 Å². The molecule has 0 aromatic rings. The minimum absolute atomic E-state index is 0.0620. The molecular weight excluding hydrogens is 721 g/mol. The second-order valence-corrected chi connectivity index (χ2v) is 17.8. The number of unbranched alkanes of at least 4 members (excludes halogenated alkanes) is 37. The van der Waals surface area contributed by atoms with Gasteiger partial charge in [0.2, 0.25) is 0 Å². The summed E-state index contributed by atoms with van der Waals surface area (Å²) in [4.78, 5) is 37.8. The van der Waals surface area contributed by atoms with Crippen LogP contribution < -0.4 is 0 Å². The van der Waals surface area contributed by atoms with Crippen LogP contribution in [0.1, 0.15) is 297 Å². The molecule has 0 saturated carbocycles. The predicted octanol–water partition coefficient (Wildman–Crippen LogP) is 16.8. The molecule has 0 saturated heterocycles. The first-order valence-corrected chi connectivity index (χ1v) is 26.0. The SMILES string of the molecule is CCCCCCCCCCCCCCCCCCCCC(=O)OC[C@@H](COC(=O)CCCCCCCCCCC)OC(=O)CCCCCCCCCCCCCCC. The largest absolute Gasteiger partial charge is 0.462 e. The minimum atomic E-state index is -0.759. The molecule has 0 radical (unpaired) electrons. The highest BCUT2D eigenvalue weighted by molar-refractivity contribution is 5.71. The van der Waals surface area contributed by atoms with Crippen molar-refractivity contribution in [3.05, 3.63) is 0 Å². The third kappa shape index (κ3) is 45.5. The fraction of sp³-hybridized carbons (Fsp3) is 0.942. The summed E-state index contributed by atoms with van der Waals surface area (Å²) in [6.07, 6.45) is 50.9. The van der Waals surface area contributed by atoms with Crippen molar-refractivity contribution in [2.24, 2.45) is 0 Å². The average molecular weight is 821 g/mol. The van der Waals surface area contributed by atoms with Gasteiger partial charge < -0.3 is 14.2 Å². The second-order valence-electron chi connectivity index (χ2n) is 17.8. The lowest BCUT2D eigenvalue weighted by molar-refractivity contribution is -0.167. The monoisotopic (exact) mass is 821 g/mol. The molecule has 0 aromatic heterocycles. The van der Waals surface area contributed by atoms with Gasteiger partial charge in [0, 0.05) is 19.3 Å². The predicted molar refractivity (Wildman–Crippen MR) is 247 cm³/mol. The van der Waals surface area contributed by atoms with Crippen LogP contribution in [0.3, 0.4) is 0 Å². The Hall–Kier alpha value is -1.59. The summed E-state index contributed by atoms with van der Waals surface area (Å²) >= 11 is 0. The van der Waals surface area contributed by atoms with Gasteiger partial charge in [0.15, 0.2) is 6.10 Å². The molecule has 0 fully saturated rings. The number of carbonyl (C=O) groups excluding carboxylic acids is 3. The molecule has 0 N–H and O–H groups in total. The first kappa shape index (κ1) is 56.4. The van der Waals surface area contributed by atoms with E-state index in [0.29, 0.717) is 19.3 Å². The van der Waals surface area contributed by atoms with Crippen LogP contribution in [0.25, 0.3) is 0 Å². The van der Waals surface area contributed by atoms with Crippen molar-refractivity contribution >= 4 is 17.9 Å². The Morgan fingerprint density at radius 3 is 0.690 bits per heavy atom. The molecule has 0 unspecified atom stereocenters. The molecule has 6 heteroatoms. The van der Waals surface area contributed by atoms with Crippen LogP contribution in [0.2, 0.25) is 0 Å². The number of carbonyl (C=O) groups is 3. The summed E-state index contributed by atoms with van der Waals surface area (Å²) in [5.74, 6) is -0.844. The minimum Gasteiger partial charge on any atom is -0.462 e. The number of esters is 3. The summed E-state index contributed by atoms with van der Waals surface area (Å²) in [7, 11) is 0. The molecule has 6 nitrogen and oxygen atoms in total. The summed E-state index contributed by atoms with van der Waals surface area (Å²) in [6, 6.07) is 0. The van der Waals surface area contributed by atoms with E-state index in [-0.39, 0.29) is 31.1 Å². The summed E-state index contributed by atoms with van der Waals surface area (Å²) < 4.78 is 16.8. The number of hydrogen-bond donors (Lipinski definition) is 0. The number of rotatable bonds is 48.